The Morgan fingerprint density at radius 3 is 2.29 bits per heavy atom. The molecule has 1 saturated carbocycles. The summed E-state index contributed by atoms with van der Waals surface area (Å²) in [5.74, 6) is -0.799. The van der Waals surface area contributed by atoms with Crippen LogP contribution in [0.3, 0.4) is 0 Å². The highest BCUT2D eigenvalue weighted by Crippen LogP contribution is 2.42. The Balaban J connectivity index is 1.79. The molecule has 0 aromatic heterocycles. The van der Waals surface area contributed by atoms with Gasteiger partial charge in [0, 0.05) is 19.6 Å². The van der Waals surface area contributed by atoms with Gasteiger partial charge in [-0.05, 0) is 24.7 Å². The van der Waals surface area contributed by atoms with Gasteiger partial charge >= 0.3 is 5.97 Å². The lowest BCUT2D eigenvalue weighted by Gasteiger charge is -2.51. The highest BCUT2D eigenvalue weighted by Gasteiger charge is 2.43. The van der Waals surface area contributed by atoms with Gasteiger partial charge in [0.1, 0.15) is 0 Å². The number of hydrogen-bond donors (Lipinski definition) is 1. The SMILES string of the molecule is CCC(CN1CC2(CCCCCC2)C1)C(=O)O. The lowest BCUT2D eigenvalue weighted by molar-refractivity contribution is -0.144. The van der Waals surface area contributed by atoms with E-state index in [-0.39, 0.29) is 5.92 Å². The minimum atomic E-state index is -0.630. The van der Waals surface area contributed by atoms with Crippen LogP contribution in [0.5, 0.6) is 0 Å². The number of carboxylic acid groups (broad SMARTS) is 1. The average molecular weight is 239 g/mol. The summed E-state index contributed by atoms with van der Waals surface area (Å²) in [5.41, 5.74) is 0.563. The first-order valence-electron chi connectivity index (χ1n) is 7.10. The van der Waals surface area contributed by atoms with Crippen LogP contribution in [0, 0.1) is 11.3 Å². The van der Waals surface area contributed by atoms with Gasteiger partial charge in [0.05, 0.1) is 5.92 Å². The fraction of sp³-hybridized carbons (Fsp3) is 0.929. The molecule has 1 saturated heterocycles. The van der Waals surface area contributed by atoms with E-state index in [1.807, 2.05) is 6.92 Å². The van der Waals surface area contributed by atoms with Gasteiger partial charge in [-0.15, -0.1) is 0 Å². The van der Waals surface area contributed by atoms with Crippen molar-refractivity contribution < 1.29 is 9.90 Å². The van der Waals surface area contributed by atoms with Crippen LogP contribution in [0.2, 0.25) is 0 Å². The summed E-state index contributed by atoms with van der Waals surface area (Å²) >= 11 is 0. The van der Waals surface area contributed by atoms with Crippen molar-refractivity contribution in [3.63, 3.8) is 0 Å². The van der Waals surface area contributed by atoms with E-state index in [4.69, 9.17) is 5.11 Å². The number of rotatable bonds is 4. The molecule has 1 N–H and O–H groups in total. The summed E-state index contributed by atoms with van der Waals surface area (Å²) in [4.78, 5) is 13.4. The number of carboxylic acids is 1. The standard InChI is InChI=1S/C14H25NO2/c1-2-12(13(16)17)9-15-10-14(11-15)7-5-3-4-6-8-14/h12H,2-11H2,1H3,(H,16,17). The zero-order valence-electron chi connectivity index (χ0n) is 11.0. The van der Waals surface area contributed by atoms with Crippen LogP contribution >= 0.6 is 0 Å². The van der Waals surface area contributed by atoms with Crippen molar-refractivity contribution in [1.29, 1.82) is 0 Å². The zero-order chi connectivity index (χ0) is 12.3. The van der Waals surface area contributed by atoms with Crippen molar-refractivity contribution in [2.75, 3.05) is 19.6 Å². The molecule has 0 aromatic rings. The van der Waals surface area contributed by atoms with E-state index in [0.717, 1.165) is 26.1 Å². The molecule has 1 spiro atoms. The molecule has 98 valence electrons. The van der Waals surface area contributed by atoms with Crippen LogP contribution in [-0.2, 0) is 4.79 Å². The minimum absolute atomic E-state index is 0.168. The molecule has 2 aliphatic rings. The first-order chi connectivity index (χ1) is 8.15. The Kier molecular flexibility index (Phi) is 4.08. The molecule has 1 aliphatic carbocycles. The molecule has 0 amide bonds. The van der Waals surface area contributed by atoms with E-state index in [0.29, 0.717) is 5.41 Å². The molecule has 2 rings (SSSR count). The van der Waals surface area contributed by atoms with Crippen LogP contribution < -0.4 is 0 Å². The second kappa shape index (κ2) is 5.38. The minimum Gasteiger partial charge on any atom is -0.481 e. The van der Waals surface area contributed by atoms with Crippen LogP contribution in [0.15, 0.2) is 0 Å². The third kappa shape index (κ3) is 3.01. The van der Waals surface area contributed by atoms with Gasteiger partial charge in [0.2, 0.25) is 0 Å². The Labute approximate surface area is 104 Å². The Bertz CT molecular complexity index is 261. The van der Waals surface area contributed by atoms with Gasteiger partial charge in [-0.2, -0.15) is 0 Å². The number of carbonyl (C=O) groups is 1. The molecular weight excluding hydrogens is 214 g/mol. The van der Waals surface area contributed by atoms with E-state index in [1.165, 1.54) is 38.5 Å². The van der Waals surface area contributed by atoms with Crippen molar-refractivity contribution in [2.24, 2.45) is 11.3 Å². The van der Waals surface area contributed by atoms with Gasteiger partial charge in [0.15, 0.2) is 0 Å². The van der Waals surface area contributed by atoms with Gasteiger partial charge in [0.25, 0.3) is 0 Å². The van der Waals surface area contributed by atoms with Gasteiger partial charge in [-0.1, -0.05) is 32.6 Å². The average Bonchev–Trinajstić information content (AvgIpc) is 2.49. The molecule has 3 nitrogen and oxygen atoms in total. The molecule has 1 aliphatic heterocycles. The van der Waals surface area contributed by atoms with Gasteiger partial charge < -0.3 is 10.0 Å². The quantitative estimate of drug-likeness (QED) is 0.820. The largest absolute Gasteiger partial charge is 0.481 e. The van der Waals surface area contributed by atoms with Crippen molar-refractivity contribution >= 4 is 5.97 Å². The van der Waals surface area contributed by atoms with E-state index in [9.17, 15) is 4.79 Å². The first-order valence-corrected chi connectivity index (χ1v) is 7.10. The van der Waals surface area contributed by atoms with E-state index >= 15 is 0 Å². The molecule has 0 aromatic carbocycles. The molecule has 0 radical (unpaired) electrons. The third-order valence-electron chi connectivity index (χ3n) is 4.60. The molecule has 2 fully saturated rings. The summed E-state index contributed by atoms with van der Waals surface area (Å²) in [6, 6.07) is 0. The van der Waals surface area contributed by atoms with Crippen LogP contribution in [-0.4, -0.2) is 35.6 Å². The van der Waals surface area contributed by atoms with Crippen molar-refractivity contribution in [2.45, 2.75) is 51.9 Å². The van der Waals surface area contributed by atoms with Crippen LogP contribution in [0.25, 0.3) is 0 Å². The number of nitrogens with zero attached hydrogens (tertiary/aromatic N) is 1. The Morgan fingerprint density at radius 2 is 1.82 bits per heavy atom. The molecule has 17 heavy (non-hydrogen) atoms. The Hall–Kier alpha value is -0.570. The highest BCUT2D eigenvalue weighted by atomic mass is 16.4. The fourth-order valence-corrected chi connectivity index (χ4v) is 3.52. The van der Waals surface area contributed by atoms with Crippen molar-refractivity contribution in [3.05, 3.63) is 0 Å². The topological polar surface area (TPSA) is 40.5 Å². The molecular formula is C14H25NO2. The predicted octanol–water partition coefficient (Wildman–Crippen LogP) is 2.75. The predicted molar refractivity (Wildman–Crippen MR) is 68.0 cm³/mol. The summed E-state index contributed by atoms with van der Waals surface area (Å²) in [5, 5.41) is 9.06. The number of hydrogen-bond acceptors (Lipinski definition) is 2. The number of aliphatic carboxylic acids is 1. The molecule has 3 heteroatoms. The maximum absolute atomic E-state index is 11.0. The fourth-order valence-electron chi connectivity index (χ4n) is 3.52. The smallest absolute Gasteiger partial charge is 0.307 e. The van der Waals surface area contributed by atoms with Gasteiger partial charge in [-0.3, -0.25) is 4.79 Å². The first kappa shape index (κ1) is 12.9. The van der Waals surface area contributed by atoms with Crippen LogP contribution in [0.1, 0.15) is 51.9 Å². The maximum Gasteiger partial charge on any atom is 0.307 e. The normalized spacial score (nSPS) is 26.2. The summed E-state index contributed by atoms with van der Waals surface area (Å²) in [6.07, 6.45) is 9.04. The monoisotopic (exact) mass is 239 g/mol. The summed E-state index contributed by atoms with van der Waals surface area (Å²) in [6.45, 7) is 5.03. The second-order valence-corrected chi connectivity index (χ2v) is 6.03. The second-order valence-electron chi connectivity index (χ2n) is 6.03. The summed E-state index contributed by atoms with van der Waals surface area (Å²) < 4.78 is 0. The summed E-state index contributed by atoms with van der Waals surface area (Å²) in [7, 11) is 0. The van der Waals surface area contributed by atoms with E-state index < -0.39 is 5.97 Å². The van der Waals surface area contributed by atoms with Crippen molar-refractivity contribution in [1.82, 2.24) is 4.90 Å². The zero-order valence-corrected chi connectivity index (χ0v) is 11.0. The van der Waals surface area contributed by atoms with Crippen LogP contribution in [0.4, 0.5) is 0 Å². The Morgan fingerprint density at radius 1 is 1.24 bits per heavy atom. The van der Waals surface area contributed by atoms with E-state index in [1.54, 1.807) is 0 Å². The highest BCUT2D eigenvalue weighted by molar-refractivity contribution is 5.70. The molecule has 1 atom stereocenters. The lowest BCUT2D eigenvalue weighted by atomic mass is 9.73. The van der Waals surface area contributed by atoms with Gasteiger partial charge in [-0.25, -0.2) is 0 Å². The van der Waals surface area contributed by atoms with E-state index in [2.05, 4.69) is 4.90 Å². The number of likely N-dealkylation sites (tertiary alicyclic amines) is 1. The molecule has 0 bridgehead atoms. The molecule has 1 unspecified atom stereocenters. The lowest BCUT2D eigenvalue weighted by Crippen LogP contribution is -2.57. The van der Waals surface area contributed by atoms with Crippen molar-refractivity contribution in [3.8, 4) is 0 Å². The third-order valence-corrected chi connectivity index (χ3v) is 4.60. The molecule has 1 heterocycles. The maximum atomic E-state index is 11.0.